The molecule has 4 heteroatoms. The Bertz CT molecular complexity index is 671. The summed E-state index contributed by atoms with van der Waals surface area (Å²) in [5.74, 6) is -0.128. The quantitative estimate of drug-likeness (QED) is 0.904. The molecule has 1 amide bonds. The molecule has 0 aliphatic carbocycles. The Morgan fingerprint density at radius 1 is 1.14 bits per heavy atom. The number of amides is 1. The first-order valence-electron chi connectivity index (χ1n) is 6.73. The summed E-state index contributed by atoms with van der Waals surface area (Å²) in [4.78, 5) is 12.3. The first kappa shape index (κ1) is 14.6. The molecule has 0 heterocycles. The van der Waals surface area contributed by atoms with Crippen LogP contribution in [0.5, 0.6) is 0 Å². The van der Waals surface area contributed by atoms with Crippen LogP contribution in [0.15, 0.2) is 48.5 Å². The van der Waals surface area contributed by atoms with Gasteiger partial charge >= 0.3 is 0 Å². The monoisotopic (exact) mass is 279 g/mol. The standard InChI is InChI=1S/C17H17N3O/c1-12(14-9-7-13(11-18)8-10-14)20-17(21)15-5-3-4-6-16(15)19-2/h3-10,12,19H,1-2H3,(H,20,21). The van der Waals surface area contributed by atoms with Crippen LogP contribution < -0.4 is 10.6 Å². The van der Waals surface area contributed by atoms with E-state index in [4.69, 9.17) is 5.26 Å². The van der Waals surface area contributed by atoms with Crippen molar-refractivity contribution in [3.8, 4) is 6.07 Å². The smallest absolute Gasteiger partial charge is 0.253 e. The van der Waals surface area contributed by atoms with Gasteiger partial charge in [0.1, 0.15) is 0 Å². The molecule has 0 spiro atoms. The van der Waals surface area contributed by atoms with Crippen molar-refractivity contribution in [3.05, 3.63) is 65.2 Å². The number of benzene rings is 2. The molecule has 1 unspecified atom stereocenters. The molecule has 0 aromatic heterocycles. The van der Waals surface area contributed by atoms with Crippen molar-refractivity contribution in [2.24, 2.45) is 0 Å². The van der Waals surface area contributed by atoms with E-state index in [-0.39, 0.29) is 11.9 Å². The van der Waals surface area contributed by atoms with Crippen LogP contribution in [0, 0.1) is 11.3 Å². The van der Waals surface area contributed by atoms with Crippen LogP contribution in [0.25, 0.3) is 0 Å². The Hall–Kier alpha value is -2.80. The fourth-order valence-electron chi connectivity index (χ4n) is 2.10. The highest BCUT2D eigenvalue weighted by atomic mass is 16.1. The van der Waals surface area contributed by atoms with Crippen LogP contribution in [0.1, 0.15) is 34.5 Å². The molecule has 21 heavy (non-hydrogen) atoms. The van der Waals surface area contributed by atoms with E-state index in [0.29, 0.717) is 11.1 Å². The summed E-state index contributed by atoms with van der Waals surface area (Å²) >= 11 is 0. The molecular formula is C17H17N3O. The van der Waals surface area contributed by atoms with Crippen LogP contribution >= 0.6 is 0 Å². The fourth-order valence-corrected chi connectivity index (χ4v) is 2.10. The number of nitriles is 1. The first-order chi connectivity index (χ1) is 10.2. The lowest BCUT2D eigenvalue weighted by atomic mass is 10.1. The largest absolute Gasteiger partial charge is 0.387 e. The number of hydrogen-bond acceptors (Lipinski definition) is 3. The third kappa shape index (κ3) is 3.40. The predicted molar refractivity (Wildman–Crippen MR) is 83.0 cm³/mol. The highest BCUT2D eigenvalue weighted by Gasteiger charge is 2.14. The first-order valence-corrected chi connectivity index (χ1v) is 6.73. The van der Waals surface area contributed by atoms with Crippen LogP contribution in [0.4, 0.5) is 5.69 Å². The van der Waals surface area contributed by atoms with Gasteiger partial charge in [0.25, 0.3) is 5.91 Å². The SMILES string of the molecule is CNc1ccccc1C(=O)NC(C)c1ccc(C#N)cc1. The Kier molecular flexibility index (Phi) is 4.57. The molecule has 0 saturated heterocycles. The van der Waals surface area contributed by atoms with Crippen molar-refractivity contribution >= 4 is 11.6 Å². The maximum atomic E-state index is 12.3. The molecule has 2 aromatic rings. The van der Waals surface area contributed by atoms with Gasteiger partial charge in [0, 0.05) is 12.7 Å². The van der Waals surface area contributed by atoms with E-state index in [0.717, 1.165) is 11.3 Å². The number of anilines is 1. The zero-order valence-corrected chi connectivity index (χ0v) is 12.1. The molecule has 0 radical (unpaired) electrons. The summed E-state index contributed by atoms with van der Waals surface area (Å²) in [5, 5.41) is 14.8. The maximum absolute atomic E-state index is 12.3. The molecule has 0 fully saturated rings. The van der Waals surface area contributed by atoms with E-state index in [1.165, 1.54) is 0 Å². The van der Waals surface area contributed by atoms with Gasteiger partial charge in [0.05, 0.1) is 23.2 Å². The van der Waals surface area contributed by atoms with Crippen molar-refractivity contribution in [3.63, 3.8) is 0 Å². The minimum atomic E-state index is -0.129. The van der Waals surface area contributed by atoms with Crippen LogP contribution in [0.3, 0.4) is 0 Å². The van der Waals surface area contributed by atoms with Crippen molar-refractivity contribution < 1.29 is 4.79 Å². The summed E-state index contributed by atoms with van der Waals surface area (Å²) in [7, 11) is 1.79. The van der Waals surface area contributed by atoms with Crippen molar-refractivity contribution in [1.82, 2.24) is 5.32 Å². The second-order valence-corrected chi connectivity index (χ2v) is 4.72. The molecule has 2 aromatic carbocycles. The van der Waals surface area contributed by atoms with E-state index in [2.05, 4.69) is 16.7 Å². The van der Waals surface area contributed by atoms with Crippen LogP contribution in [-0.2, 0) is 0 Å². The number of carbonyl (C=O) groups is 1. The number of nitrogens with zero attached hydrogens (tertiary/aromatic N) is 1. The summed E-state index contributed by atoms with van der Waals surface area (Å²) in [6, 6.07) is 16.5. The fraction of sp³-hybridized carbons (Fsp3) is 0.176. The molecule has 0 saturated carbocycles. The number of rotatable bonds is 4. The van der Waals surface area contributed by atoms with E-state index in [9.17, 15) is 4.79 Å². The van der Waals surface area contributed by atoms with Gasteiger partial charge in [-0.15, -0.1) is 0 Å². The number of hydrogen-bond donors (Lipinski definition) is 2. The van der Waals surface area contributed by atoms with Gasteiger partial charge in [-0.3, -0.25) is 4.79 Å². The summed E-state index contributed by atoms with van der Waals surface area (Å²) < 4.78 is 0. The highest BCUT2D eigenvalue weighted by molar-refractivity contribution is 5.99. The third-order valence-corrected chi connectivity index (χ3v) is 3.33. The van der Waals surface area contributed by atoms with Crippen molar-refractivity contribution in [1.29, 1.82) is 5.26 Å². The topological polar surface area (TPSA) is 64.9 Å². The highest BCUT2D eigenvalue weighted by Crippen LogP contribution is 2.17. The van der Waals surface area contributed by atoms with E-state index < -0.39 is 0 Å². The summed E-state index contributed by atoms with van der Waals surface area (Å²) in [5.41, 5.74) is 2.98. The zero-order chi connectivity index (χ0) is 15.2. The second-order valence-electron chi connectivity index (χ2n) is 4.72. The molecule has 0 bridgehead atoms. The van der Waals surface area contributed by atoms with Gasteiger partial charge in [-0.25, -0.2) is 0 Å². The Balaban J connectivity index is 2.13. The van der Waals surface area contributed by atoms with Gasteiger partial charge in [-0.1, -0.05) is 24.3 Å². The lowest BCUT2D eigenvalue weighted by molar-refractivity contribution is 0.0940. The number of para-hydroxylation sites is 1. The zero-order valence-electron chi connectivity index (χ0n) is 12.1. The van der Waals surface area contributed by atoms with Crippen LogP contribution in [0.2, 0.25) is 0 Å². The Morgan fingerprint density at radius 2 is 1.81 bits per heavy atom. The average Bonchev–Trinajstić information content (AvgIpc) is 2.54. The third-order valence-electron chi connectivity index (χ3n) is 3.33. The maximum Gasteiger partial charge on any atom is 0.253 e. The molecular weight excluding hydrogens is 262 g/mol. The van der Waals surface area contributed by atoms with Crippen LogP contribution in [-0.4, -0.2) is 13.0 Å². The lowest BCUT2D eigenvalue weighted by Gasteiger charge is -2.16. The van der Waals surface area contributed by atoms with Gasteiger partial charge in [-0.2, -0.15) is 5.26 Å². The normalized spacial score (nSPS) is 11.3. The predicted octanol–water partition coefficient (Wildman–Crippen LogP) is 3.09. The molecule has 1 atom stereocenters. The van der Waals surface area contributed by atoms with Gasteiger partial charge in [-0.05, 0) is 36.8 Å². The van der Waals surface area contributed by atoms with Crippen molar-refractivity contribution in [2.75, 3.05) is 12.4 Å². The molecule has 2 rings (SSSR count). The van der Waals surface area contributed by atoms with Gasteiger partial charge in [0.15, 0.2) is 0 Å². The van der Waals surface area contributed by atoms with E-state index in [1.54, 1.807) is 25.2 Å². The average molecular weight is 279 g/mol. The minimum absolute atomic E-state index is 0.128. The van der Waals surface area contributed by atoms with E-state index >= 15 is 0 Å². The molecule has 0 aliphatic rings. The molecule has 0 aliphatic heterocycles. The summed E-state index contributed by atoms with van der Waals surface area (Å²) in [6.07, 6.45) is 0. The second kappa shape index (κ2) is 6.58. The molecule has 4 nitrogen and oxygen atoms in total. The lowest BCUT2D eigenvalue weighted by Crippen LogP contribution is -2.27. The minimum Gasteiger partial charge on any atom is -0.387 e. The van der Waals surface area contributed by atoms with E-state index in [1.807, 2.05) is 37.3 Å². The Morgan fingerprint density at radius 3 is 2.43 bits per heavy atom. The van der Waals surface area contributed by atoms with Gasteiger partial charge in [0.2, 0.25) is 0 Å². The number of carbonyl (C=O) groups excluding carboxylic acids is 1. The Labute approximate surface area is 124 Å². The van der Waals surface area contributed by atoms with Crippen molar-refractivity contribution in [2.45, 2.75) is 13.0 Å². The van der Waals surface area contributed by atoms with Gasteiger partial charge < -0.3 is 10.6 Å². The molecule has 106 valence electrons. The number of nitrogens with one attached hydrogen (secondary N) is 2. The summed E-state index contributed by atoms with van der Waals surface area (Å²) in [6.45, 7) is 1.92. The molecule has 2 N–H and O–H groups in total.